The number of morpholine rings is 1. The molecule has 0 bridgehead atoms. The minimum atomic E-state index is -0.307. The zero-order valence-corrected chi connectivity index (χ0v) is 13.3. The molecule has 0 aliphatic carbocycles. The molecule has 1 saturated heterocycles. The lowest BCUT2D eigenvalue weighted by atomic mass is 10.1. The highest BCUT2D eigenvalue weighted by atomic mass is 19.1. The van der Waals surface area contributed by atoms with E-state index < -0.39 is 0 Å². The van der Waals surface area contributed by atoms with Crippen LogP contribution in [0.3, 0.4) is 0 Å². The summed E-state index contributed by atoms with van der Waals surface area (Å²) in [7, 11) is 0. The monoisotopic (exact) mass is 333 g/mol. The summed E-state index contributed by atoms with van der Waals surface area (Å²) in [6, 6.07) is 5.98. The SMILES string of the molecule is O=c1[nH]c(NCCN2CCOCC2)nnc1Cc1ccc(F)cc1. The molecule has 0 saturated carbocycles. The second-order valence-electron chi connectivity index (χ2n) is 5.63. The molecule has 1 aliphatic rings. The van der Waals surface area contributed by atoms with E-state index in [9.17, 15) is 9.18 Å². The second-order valence-corrected chi connectivity index (χ2v) is 5.63. The summed E-state index contributed by atoms with van der Waals surface area (Å²) in [6.45, 7) is 4.87. The third-order valence-corrected chi connectivity index (χ3v) is 3.87. The minimum Gasteiger partial charge on any atom is -0.379 e. The average molecular weight is 333 g/mol. The number of rotatable bonds is 6. The smallest absolute Gasteiger partial charge is 0.274 e. The van der Waals surface area contributed by atoms with Crippen LogP contribution in [0.25, 0.3) is 0 Å². The van der Waals surface area contributed by atoms with Gasteiger partial charge in [0.1, 0.15) is 11.5 Å². The Bertz CT molecular complexity index is 713. The van der Waals surface area contributed by atoms with Gasteiger partial charge in [-0.2, -0.15) is 0 Å². The Hall–Kier alpha value is -2.32. The number of halogens is 1. The van der Waals surface area contributed by atoms with Crippen molar-refractivity contribution in [3.63, 3.8) is 0 Å². The van der Waals surface area contributed by atoms with E-state index >= 15 is 0 Å². The van der Waals surface area contributed by atoms with Crippen molar-refractivity contribution < 1.29 is 9.13 Å². The first-order valence-electron chi connectivity index (χ1n) is 7.95. The highest BCUT2D eigenvalue weighted by molar-refractivity contribution is 5.24. The van der Waals surface area contributed by atoms with Crippen LogP contribution in [0.2, 0.25) is 0 Å². The molecule has 3 rings (SSSR count). The van der Waals surface area contributed by atoms with Crippen LogP contribution < -0.4 is 10.9 Å². The van der Waals surface area contributed by atoms with E-state index in [1.807, 2.05) is 0 Å². The highest BCUT2D eigenvalue weighted by Gasteiger charge is 2.10. The fourth-order valence-electron chi connectivity index (χ4n) is 2.51. The number of anilines is 1. The van der Waals surface area contributed by atoms with Gasteiger partial charge in [0.25, 0.3) is 5.56 Å². The highest BCUT2D eigenvalue weighted by Crippen LogP contribution is 2.06. The van der Waals surface area contributed by atoms with Crippen molar-refractivity contribution >= 4 is 5.95 Å². The zero-order valence-electron chi connectivity index (χ0n) is 13.3. The van der Waals surface area contributed by atoms with E-state index in [-0.39, 0.29) is 11.4 Å². The molecule has 0 atom stereocenters. The molecule has 0 amide bonds. The van der Waals surface area contributed by atoms with Crippen molar-refractivity contribution in [2.45, 2.75) is 6.42 Å². The summed E-state index contributed by atoms with van der Waals surface area (Å²) in [4.78, 5) is 17.0. The van der Waals surface area contributed by atoms with Crippen LogP contribution in [0.15, 0.2) is 29.1 Å². The molecule has 0 radical (unpaired) electrons. The van der Waals surface area contributed by atoms with Crippen molar-refractivity contribution in [2.24, 2.45) is 0 Å². The quantitative estimate of drug-likeness (QED) is 0.807. The molecule has 1 aliphatic heterocycles. The first kappa shape index (κ1) is 16.5. The number of hydrogen-bond donors (Lipinski definition) is 2. The molecule has 2 N–H and O–H groups in total. The summed E-state index contributed by atoms with van der Waals surface area (Å²) in [5.74, 6) is 0.0506. The van der Waals surface area contributed by atoms with Crippen molar-refractivity contribution in [1.82, 2.24) is 20.1 Å². The molecule has 1 aromatic heterocycles. The number of ether oxygens (including phenoxy) is 1. The van der Waals surface area contributed by atoms with E-state index in [0.717, 1.165) is 38.4 Å². The number of aromatic nitrogens is 3. The van der Waals surface area contributed by atoms with E-state index in [0.29, 0.717) is 24.6 Å². The van der Waals surface area contributed by atoms with E-state index in [1.54, 1.807) is 12.1 Å². The van der Waals surface area contributed by atoms with Gasteiger partial charge in [0, 0.05) is 32.6 Å². The van der Waals surface area contributed by atoms with Gasteiger partial charge < -0.3 is 10.1 Å². The predicted octanol–water partition coefficient (Wildman–Crippen LogP) is 0.639. The number of benzene rings is 1. The molecule has 7 nitrogen and oxygen atoms in total. The summed E-state index contributed by atoms with van der Waals surface area (Å²) in [5, 5.41) is 11.0. The summed E-state index contributed by atoms with van der Waals surface area (Å²) >= 11 is 0. The second kappa shape index (κ2) is 7.98. The number of H-pyrrole nitrogens is 1. The Balaban J connectivity index is 1.54. The molecule has 24 heavy (non-hydrogen) atoms. The van der Waals surface area contributed by atoms with Gasteiger partial charge in [0.2, 0.25) is 5.95 Å². The number of hydrogen-bond acceptors (Lipinski definition) is 6. The van der Waals surface area contributed by atoms with Gasteiger partial charge in [0.15, 0.2) is 0 Å². The number of aromatic amines is 1. The Morgan fingerprint density at radius 2 is 1.96 bits per heavy atom. The van der Waals surface area contributed by atoms with Crippen molar-refractivity contribution in [1.29, 1.82) is 0 Å². The molecule has 2 aromatic rings. The first-order chi connectivity index (χ1) is 11.7. The predicted molar refractivity (Wildman–Crippen MR) is 87.6 cm³/mol. The largest absolute Gasteiger partial charge is 0.379 e. The van der Waals surface area contributed by atoms with Crippen molar-refractivity contribution in [2.75, 3.05) is 44.7 Å². The van der Waals surface area contributed by atoms with Gasteiger partial charge in [-0.15, -0.1) is 10.2 Å². The molecule has 128 valence electrons. The first-order valence-corrected chi connectivity index (χ1v) is 7.95. The third-order valence-electron chi connectivity index (χ3n) is 3.87. The lowest BCUT2D eigenvalue weighted by molar-refractivity contribution is 0.0398. The summed E-state index contributed by atoms with van der Waals surface area (Å²) < 4.78 is 18.2. The zero-order chi connectivity index (χ0) is 16.8. The average Bonchev–Trinajstić information content (AvgIpc) is 2.60. The molecular formula is C16H20FN5O2. The Morgan fingerprint density at radius 1 is 1.21 bits per heavy atom. The molecule has 0 unspecified atom stereocenters. The van der Waals surface area contributed by atoms with Gasteiger partial charge >= 0.3 is 0 Å². The van der Waals surface area contributed by atoms with Gasteiger partial charge in [-0.1, -0.05) is 12.1 Å². The maximum absolute atomic E-state index is 12.9. The van der Waals surface area contributed by atoms with E-state index in [1.165, 1.54) is 12.1 Å². The van der Waals surface area contributed by atoms with Crippen molar-refractivity contribution in [3.05, 3.63) is 51.7 Å². The fraction of sp³-hybridized carbons (Fsp3) is 0.438. The maximum Gasteiger partial charge on any atom is 0.274 e. The van der Waals surface area contributed by atoms with Crippen LogP contribution in [0.4, 0.5) is 10.3 Å². The topological polar surface area (TPSA) is 83.1 Å². The number of nitrogens with zero attached hydrogens (tertiary/aromatic N) is 3. The van der Waals surface area contributed by atoms with Crippen LogP contribution in [0.1, 0.15) is 11.3 Å². The van der Waals surface area contributed by atoms with Crippen LogP contribution in [0, 0.1) is 5.82 Å². The van der Waals surface area contributed by atoms with Gasteiger partial charge in [-0.25, -0.2) is 4.39 Å². The minimum absolute atomic E-state index is 0.289. The summed E-state index contributed by atoms with van der Waals surface area (Å²) in [5.41, 5.74) is 0.827. The van der Waals surface area contributed by atoms with E-state index in [2.05, 4.69) is 25.4 Å². The third kappa shape index (κ3) is 4.59. The fourth-order valence-corrected chi connectivity index (χ4v) is 2.51. The summed E-state index contributed by atoms with van der Waals surface area (Å²) in [6.07, 6.45) is 0.316. The molecule has 2 heterocycles. The Kier molecular flexibility index (Phi) is 5.50. The van der Waals surface area contributed by atoms with Crippen LogP contribution in [-0.2, 0) is 11.2 Å². The number of nitrogens with one attached hydrogen (secondary N) is 2. The van der Waals surface area contributed by atoms with Gasteiger partial charge in [-0.3, -0.25) is 14.7 Å². The van der Waals surface area contributed by atoms with Gasteiger partial charge in [0.05, 0.1) is 13.2 Å². The molecule has 1 fully saturated rings. The van der Waals surface area contributed by atoms with Crippen LogP contribution in [-0.4, -0.2) is 59.5 Å². The lowest BCUT2D eigenvalue weighted by Crippen LogP contribution is -2.39. The lowest BCUT2D eigenvalue weighted by Gasteiger charge is -2.26. The maximum atomic E-state index is 12.9. The molecular weight excluding hydrogens is 313 g/mol. The van der Waals surface area contributed by atoms with Crippen LogP contribution in [0.5, 0.6) is 0 Å². The standard InChI is InChI=1S/C16H20FN5O2/c17-13-3-1-12(2-4-13)11-14-15(23)19-16(21-20-14)18-5-6-22-7-9-24-10-8-22/h1-4H,5-11H2,(H2,18,19,21,23). The molecule has 1 aromatic carbocycles. The Morgan fingerprint density at radius 3 is 2.67 bits per heavy atom. The van der Waals surface area contributed by atoms with Crippen molar-refractivity contribution in [3.8, 4) is 0 Å². The van der Waals surface area contributed by atoms with Gasteiger partial charge in [-0.05, 0) is 17.7 Å². The molecule has 8 heteroatoms. The normalized spacial score (nSPS) is 15.4. The van der Waals surface area contributed by atoms with Crippen LogP contribution >= 0.6 is 0 Å². The van der Waals surface area contributed by atoms with E-state index in [4.69, 9.17) is 4.74 Å². The molecule has 0 spiro atoms. The Labute approximate surface area is 138 Å².